The summed E-state index contributed by atoms with van der Waals surface area (Å²) in [6, 6.07) is 28.7. The molecule has 1 N–H and O–H groups in total. The van der Waals surface area contributed by atoms with Gasteiger partial charge in [-0.25, -0.2) is 0 Å². The number of nitrogens with zero attached hydrogens (tertiary/aromatic N) is 2. The average Bonchev–Trinajstić information content (AvgIpc) is 2.85. The topological polar surface area (TPSA) is 52.7 Å². The number of carbonyl (C=O) groups is 2. The number of rotatable bonds is 7. The van der Waals surface area contributed by atoms with Crippen LogP contribution in [0.15, 0.2) is 84.9 Å². The largest absolute Gasteiger partial charge is 0.359 e. The van der Waals surface area contributed by atoms with E-state index in [9.17, 15) is 9.59 Å². The highest BCUT2D eigenvalue weighted by molar-refractivity contribution is 5.99. The molecule has 1 atom stereocenters. The molecule has 0 radical (unpaired) electrons. The minimum Gasteiger partial charge on any atom is -0.359 e. The molecule has 1 fully saturated rings. The number of carbonyl (C=O) groups excluding carboxylic acids is 2. The molecule has 0 unspecified atom stereocenters. The van der Waals surface area contributed by atoms with E-state index in [1.807, 2.05) is 59.5 Å². The molecule has 0 spiro atoms. The third-order valence-corrected chi connectivity index (χ3v) is 6.05. The Hall–Kier alpha value is -3.44. The van der Waals surface area contributed by atoms with Crippen LogP contribution in [0.1, 0.15) is 12.0 Å². The Bertz CT molecular complexity index is 1050. The molecule has 5 heteroatoms. The molecule has 0 saturated carbocycles. The number of anilines is 1. The number of benzene rings is 3. The van der Waals surface area contributed by atoms with Gasteiger partial charge in [0.1, 0.15) is 0 Å². The average molecular weight is 428 g/mol. The van der Waals surface area contributed by atoms with Crippen LogP contribution >= 0.6 is 0 Å². The van der Waals surface area contributed by atoms with Crippen molar-refractivity contribution in [2.45, 2.75) is 18.9 Å². The van der Waals surface area contributed by atoms with Crippen molar-refractivity contribution in [2.75, 3.05) is 31.6 Å². The van der Waals surface area contributed by atoms with Crippen LogP contribution in [-0.2, 0) is 16.0 Å². The molecular formula is C27H29N3O2. The van der Waals surface area contributed by atoms with Gasteiger partial charge < -0.3 is 10.2 Å². The van der Waals surface area contributed by atoms with Gasteiger partial charge >= 0.3 is 0 Å². The molecule has 1 saturated heterocycles. The Labute approximate surface area is 189 Å². The van der Waals surface area contributed by atoms with E-state index in [0.29, 0.717) is 26.1 Å². The lowest BCUT2D eigenvalue weighted by Gasteiger charge is -2.41. The third kappa shape index (κ3) is 5.06. The summed E-state index contributed by atoms with van der Waals surface area (Å²) in [7, 11) is 1.65. The van der Waals surface area contributed by atoms with Crippen LogP contribution in [0, 0.1) is 0 Å². The summed E-state index contributed by atoms with van der Waals surface area (Å²) in [5.41, 5.74) is 4.32. The third-order valence-electron chi connectivity index (χ3n) is 6.05. The Morgan fingerprint density at radius 3 is 2.31 bits per heavy atom. The quantitative estimate of drug-likeness (QED) is 0.625. The van der Waals surface area contributed by atoms with Gasteiger partial charge in [-0.3, -0.25) is 14.5 Å². The van der Waals surface area contributed by atoms with E-state index >= 15 is 0 Å². The first kappa shape index (κ1) is 21.8. The molecule has 3 aromatic carbocycles. The fourth-order valence-corrected chi connectivity index (χ4v) is 4.33. The number of hydrogen-bond acceptors (Lipinski definition) is 3. The van der Waals surface area contributed by atoms with Gasteiger partial charge in [0.15, 0.2) is 0 Å². The normalized spacial score (nSPS) is 16.7. The van der Waals surface area contributed by atoms with Crippen LogP contribution in [0.2, 0.25) is 0 Å². The summed E-state index contributed by atoms with van der Waals surface area (Å²) in [5.74, 6) is 0.0577. The van der Waals surface area contributed by atoms with Crippen molar-refractivity contribution in [3.05, 3.63) is 90.5 Å². The van der Waals surface area contributed by atoms with Crippen molar-refractivity contribution >= 4 is 17.5 Å². The second kappa shape index (κ2) is 10.2. The van der Waals surface area contributed by atoms with Crippen molar-refractivity contribution < 1.29 is 9.59 Å². The minimum absolute atomic E-state index is 0.00670. The zero-order valence-electron chi connectivity index (χ0n) is 18.4. The van der Waals surface area contributed by atoms with Gasteiger partial charge in [-0.15, -0.1) is 0 Å². The molecular weight excluding hydrogens is 398 g/mol. The van der Waals surface area contributed by atoms with Gasteiger partial charge in [0.2, 0.25) is 11.8 Å². The number of para-hydroxylation sites is 1. The van der Waals surface area contributed by atoms with Crippen LogP contribution in [0.3, 0.4) is 0 Å². The van der Waals surface area contributed by atoms with E-state index in [1.54, 1.807) is 7.05 Å². The maximum absolute atomic E-state index is 13.3. The van der Waals surface area contributed by atoms with Crippen molar-refractivity contribution in [1.82, 2.24) is 10.2 Å². The lowest BCUT2D eigenvalue weighted by molar-refractivity contribution is -0.125. The molecule has 2 amide bonds. The maximum Gasteiger partial charge on any atom is 0.241 e. The molecule has 0 aliphatic carbocycles. The van der Waals surface area contributed by atoms with E-state index in [-0.39, 0.29) is 17.9 Å². The Morgan fingerprint density at radius 2 is 1.59 bits per heavy atom. The van der Waals surface area contributed by atoms with Gasteiger partial charge in [0.05, 0.1) is 12.2 Å². The van der Waals surface area contributed by atoms with Gasteiger partial charge in [0, 0.05) is 38.2 Å². The molecule has 4 rings (SSSR count). The summed E-state index contributed by atoms with van der Waals surface area (Å²) < 4.78 is 0. The highest BCUT2D eigenvalue weighted by Gasteiger charge is 2.33. The molecule has 164 valence electrons. The van der Waals surface area contributed by atoms with E-state index in [2.05, 4.69) is 40.5 Å². The van der Waals surface area contributed by atoms with E-state index < -0.39 is 0 Å². The maximum atomic E-state index is 13.3. The first-order chi connectivity index (χ1) is 15.7. The molecule has 1 aliphatic rings. The van der Waals surface area contributed by atoms with Gasteiger partial charge in [-0.2, -0.15) is 0 Å². The van der Waals surface area contributed by atoms with E-state index in [4.69, 9.17) is 0 Å². The number of amides is 2. The zero-order chi connectivity index (χ0) is 22.3. The highest BCUT2D eigenvalue weighted by Crippen LogP contribution is 2.32. The lowest BCUT2D eigenvalue weighted by Crippen LogP contribution is -2.57. The first-order valence-corrected chi connectivity index (χ1v) is 11.1. The summed E-state index contributed by atoms with van der Waals surface area (Å²) in [6.45, 7) is 1.46. The summed E-state index contributed by atoms with van der Waals surface area (Å²) in [5, 5.41) is 2.68. The van der Waals surface area contributed by atoms with Gasteiger partial charge in [0.25, 0.3) is 0 Å². The molecule has 5 nitrogen and oxygen atoms in total. The Kier molecular flexibility index (Phi) is 6.97. The lowest BCUT2D eigenvalue weighted by atomic mass is 9.98. The van der Waals surface area contributed by atoms with Crippen molar-refractivity contribution in [3.8, 4) is 11.1 Å². The van der Waals surface area contributed by atoms with Crippen molar-refractivity contribution in [2.24, 2.45) is 0 Å². The number of piperazine rings is 1. The van der Waals surface area contributed by atoms with Crippen LogP contribution in [0.25, 0.3) is 11.1 Å². The second-order valence-electron chi connectivity index (χ2n) is 8.12. The van der Waals surface area contributed by atoms with E-state index in [0.717, 1.165) is 23.2 Å². The second-order valence-corrected chi connectivity index (χ2v) is 8.12. The zero-order valence-corrected chi connectivity index (χ0v) is 18.4. The Morgan fingerprint density at radius 1 is 0.938 bits per heavy atom. The molecule has 0 aromatic heterocycles. The van der Waals surface area contributed by atoms with Crippen molar-refractivity contribution in [3.63, 3.8) is 0 Å². The summed E-state index contributed by atoms with van der Waals surface area (Å²) in [6.07, 6.45) is 1.21. The molecule has 3 aromatic rings. The molecule has 32 heavy (non-hydrogen) atoms. The summed E-state index contributed by atoms with van der Waals surface area (Å²) in [4.78, 5) is 29.2. The molecule has 0 bridgehead atoms. The van der Waals surface area contributed by atoms with E-state index in [1.165, 1.54) is 5.56 Å². The highest BCUT2D eigenvalue weighted by atomic mass is 16.2. The minimum atomic E-state index is -0.00670. The first-order valence-electron chi connectivity index (χ1n) is 11.1. The smallest absolute Gasteiger partial charge is 0.241 e. The fourth-order valence-electron chi connectivity index (χ4n) is 4.33. The van der Waals surface area contributed by atoms with Gasteiger partial charge in [-0.05, 0) is 23.6 Å². The van der Waals surface area contributed by atoms with Crippen LogP contribution in [0.5, 0.6) is 0 Å². The Balaban J connectivity index is 1.62. The fraction of sp³-hybridized carbons (Fsp3) is 0.259. The standard InChI is InChI=1S/C27H29N3O2/c1-28-26(31)16-17-29-20-27(32)30(19-23(29)18-21-10-4-2-5-11-21)25-15-9-8-14-24(25)22-12-6-3-7-13-22/h2-15,23H,16-20H2,1H3,(H,28,31)/t23-/m0/s1. The predicted molar refractivity (Wildman–Crippen MR) is 128 cm³/mol. The van der Waals surface area contributed by atoms with Crippen LogP contribution in [0.4, 0.5) is 5.69 Å². The molecule has 1 heterocycles. The summed E-state index contributed by atoms with van der Waals surface area (Å²) >= 11 is 0. The molecule has 1 aliphatic heterocycles. The van der Waals surface area contributed by atoms with Crippen LogP contribution < -0.4 is 10.2 Å². The van der Waals surface area contributed by atoms with Crippen molar-refractivity contribution in [1.29, 1.82) is 0 Å². The van der Waals surface area contributed by atoms with Crippen LogP contribution in [-0.4, -0.2) is 49.4 Å². The monoisotopic (exact) mass is 427 g/mol. The number of hydrogen-bond donors (Lipinski definition) is 1. The number of nitrogens with one attached hydrogen (secondary N) is 1. The SMILES string of the molecule is CNC(=O)CCN1CC(=O)N(c2ccccc2-c2ccccc2)C[C@@H]1Cc1ccccc1. The predicted octanol–water partition coefficient (Wildman–Crippen LogP) is 3.75. The van der Waals surface area contributed by atoms with Gasteiger partial charge in [-0.1, -0.05) is 78.9 Å².